The first kappa shape index (κ1) is 24.2. The Balaban J connectivity index is 0.00000300. The summed E-state index contributed by atoms with van der Waals surface area (Å²) >= 11 is 12.7. The second-order valence-corrected chi connectivity index (χ2v) is 7.73. The van der Waals surface area contributed by atoms with E-state index in [1.54, 1.807) is 6.20 Å². The van der Waals surface area contributed by atoms with Crippen molar-refractivity contribution in [3.63, 3.8) is 0 Å². The molecule has 0 aliphatic carbocycles. The predicted octanol–water partition coefficient (Wildman–Crippen LogP) is 4.81. The van der Waals surface area contributed by atoms with Crippen LogP contribution in [-0.2, 0) is 16.7 Å². The third-order valence-electron chi connectivity index (χ3n) is 5.02. The number of hydrogen-bond acceptors (Lipinski definition) is 3. The summed E-state index contributed by atoms with van der Waals surface area (Å²) in [5.41, 5.74) is 1.91. The molecule has 158 valence electrons. The van der Waals surface area contributed by atoms with Crippen molar-refractivity contribution in [2.24, 2.45) is 4.99 Å². The SMILES string of the molecule is CCNC(=NCc1ccccn1)NCC1(c2ccc(Cl)cc2Cl)CCOCC1.I. The van der Waals surface area contributed by atoms with E-state index in [1.807, 2.05) is 36.4 Å². The number of ether oxygens (including phenoxy) is 1. The van der Waals surface area contributed by atoms with Crippen LogP contribution in [-0.4, -0.2) is 37.2 Å². The first-order valence-corrected chi connectivity index (χ1v) is 10.3. The Morgan fingerprint density at radius 2 is 1.97 bits per heavy atom. The molecule has 1 aromatic carbocycles. The number of guanidine groups is 1. The zero-order valence-corrected chi connectivity index (χ0v) is 20.3. The maximum Gasteiger partial charge on any atom is 0.191 e. The largest absolute Gasteiger partial charge is 0.381 e. The van der Waals surface area contributed by atoms with Gasteiger partial charge in [0.15, 0.2) is 5.96 Å². The van der Waals surface area contributed by atoms with Crippen molar-refractivity contribution < 1.29 is 4.74 Å². The van der Waals surface area contributed by atoms with Crippen molar-refractivity contribution in [1.82, 2.24) is 15.6 Å². The lowest BCUT2D eigenvalue weighted by Gasteiger charge is -2.39. The molecular formula is C21H27Cl2IN4O. The Morgan fingerprint density at radius 3 is 2.62 bits per heavy atom. The molecule has 0 atom stereocenters. The molecule has 8 heteroatoms. The summed E-state index contributed by atoms with van der Waals surface area (Å²) in [6.45, 7) is 5.49. The monoisotopic (exact) mass is 548 g/mol. The average molecular weight is 549 g/mol. The third-order valence-corrected chi connectivity index (χ3v) is 5.56. The number of benzene rings is 1. The fraction of sp³-hybridized carbons (Fsp3) is 0.429. The van der Waals surface area contributed by atoms with Gasteiger partial charge in [0.2, 0.25) is 0 Å². The van der Waals surface area contributed by atoms with E-state index in [1.165, 1.54) is 0 Å². The summed E-state index contributed by atoms with van der Waals surface area (Å²) in [5.74, 6) is 0.768. The van der Waals surface area contributed by atoms with Gasteiger partial charge < -0.3 is 15.4 Å². The van der Waals surface area contributed by atoms with Crippen LogP contribution in [0.1, 0.15) is 31.0 Å². The highest BCUT2D eigenvalue weighted by Gasteiger charge is 2.36. The van der Waals surface area contributed by atoms with Crippen LogP contribution in [0.3, 0.4) is 0 Å². The Kier molecular flexibility index (Phi) is 9.95. The van der Waals surface area contributed by atoms with E-state index in [9.17, 15) is 0 Å². The minimum atomic E-state index is -0.124. The molecule has 2 aromatic rings. The van der Waals surface area contributed by atoms with Crippen LogP contribution in [0.25, 0.3) is 0 Å². The molecule has 3 rings (SSSR count). The summed E-state index contributed by atoms with van der Waals surface area (Å²) in [7, 11) is 0. The second-order valence-electron chi connectivity index (χ2n) is 6.89. The average Bonchev–Trinajstić information content (AvgIpc) is 2.71. The smallest absolute Gasteiger partial charge is 0.191 e. The van der Waals surface area contributed by atoms with Gasteiger partial charge in [0, 0.05) is 48.0 Å². The fourth-order valence-electron chi connectivity index (χ4n) is 3.47. The van der Waals surface area contributed by atoms with Crippen LogP contribution >= 0.6 is 47.2 Å². The van der Waals surface area contributed by atoms with Gasteiger partial charge in [-0.15, -0.1) is 24.0 Å². The summed E-state index contributed by atoms with van der Waals surface area (Å²) < 4.78 is 5.62. The number of rotatable bonds is 6. The minimum Gasteiger partial charge on any atom is -0.381 e. The highest BCUT2D eigenvalue weighted by atomic mass is 127. The molecule has 1 aliphatic heterocycles. The molecule has 2 N–H and O–H groups in total. The van der Waals surface area contributed by atoms with Crippen molar-refractivity contribution in [2.75, 3.05) is 26.3 Å². The van der Waals surface area contributed by atoms with E-state index in [0.29, 0.717) is 36.3 Å². The van der Waals surface area contributed by atoms with E-state index in [4.69, 9.17) is 27.9 Å². The van der Waals surface area contributed by atoms with E-state index >= 15 is 0 Å². The molecular weight excluding hydrogens is 522 g/mol. The van der Waals surface area contributed by atoms with Gasteiger partial charge in [-0.25, -0.2) is 4.99 Å². The van der Waals surface area contributed by atoms with Gasteiger partial charge in [-0.1, -0.05) is 35.3 Å². The molecule has 0 radical (unpaired) electrons. The zero-order chi connectivity index (χ0) is 19.8. The quantitative estimate of drug-likeness (QED) is 0.309. The number of nitrogens with one attached hydrogen (secondary N) is 2. The second kappa shape index (κ2) is 11.9. The Morgan fingerprint density at radius 1 is 1.17 bits per heavy atom. The molecule has 0 spiro atoms. The van der Waals surface area contributed by atoms with E-state index < -0.39 is 0 Å². The van der Waals surface area contributed by atoms with Gasteiger partial charge in [-0.3, -0.25) is 4.98 Å². The molecule has 29 heavy (non-hydrogen) atoms. The molecule has 1 aromatic heterocycles. The molecule has 1 fully saturated rings. The van der Waals surface area contributed by atoms with Gasteiger partial charge in [0.05, 0.1) is 12.2 Å². The first-order chi connectivity index (χ1) is 13.6. The van der Waals surface area contributed by atoms with Crippen LogP contribution in [0.15, 0.2) is 47.6 Å². The highest BCUT2D eigenvalue weighted by Crippen LogP contribution is 2.39. The van der Waals surface area contributed by atoms with E-state index in [0.717, 1.165) is 36.6 Å². The highest BCUT2D eigenvalue weighted by molar-refractivity contribution is 14.0. The predicted molar refractivity (Wildman–Crippen MR) is 131 cm³/mol. The summed E-state index contributed by atoms with van der Waals surface area (Å²) in [5, 5.41) is 8.16. The molecule has 1 saturated heterocycles. The van der Waals surface area contributed by atoms with Crippen molar-refractivity contribution in [3.8, 4) is 0 Å². The molecule has 0 bridgehead atoms. The minimum absolute atomic E-state index is 0. The Hall–Kier alpha value is -1.09. The number of nitrogens with zero attached hydrogens (tertiary/aromatic N) is 2. The van der Waals surface area contributed by atoms with Gasteiger partial charge in [0.25, 0.3) is 0 Å². The van der Waals surface area contributed by atoms with Crippen molar-refractivity contribution >= 4 is 53.1 Å². The van der Waals surface area contributed by atoms with Gasteiger partial charge in [-0.2, -0.15) is 0 Å². The molecule has 0 unspecified atom stereocenters. The van der Waals surface area contributed by atoms with Crippen LogP contribution in [0.2, 0.25) is 10.0 Å². The van der Waals surface area contributed by atoms with Gasteiger partial charge in [-0.05, 0) is 49.6 Å². The lowest BCUT2D eigenvalue weighted by molar-refractivity contribution is 0.0514. The molecule has 5 nitrogen and oxygen atoms in total. The molecule has 1 aliphatic rings. The van der Waals surface area contributed by atoms with Crippen molar-refractivity contribution in [2.45, 2.75) is 31.7 Å². The first-order valence-electron chi connectivity index (χ1n) is 9.58. The third kappa shape index (κ3) is 6.70. The standard InChI is InChI=1S/C21H26Cl2N4O.HI/c1-2-24-20(26-14-17-5-3-4-10-25-17)27-15-21(8-11-28-12-9-21)18-7-6-16(22)13-19(18)23;/h3-7,10,13H,2,8-9,11-12,14-15H2,1H3,(H2,24,26,27);1H. The summed E-state index contributed by atoms with van der Waals surface area (Å²) in [6, 6.07) is 11.6. The lowest BCUT2D eigenvalue weighted by atomic mass is 9.74. The number of aliphatic imine (C=N–C) groups is 1. The Bertz CT molecular complexity index is 799. The molecule has 0 amide bonds. The summed E-state index contributed by atoms with van der Waals surface area (Å²) in [4.78, 5) is 9.01. The van der Waals surface area contributed by atoms with Crippen molar-refractivity contribution in [1.29, 1.82) is 0 Å². The van der Waals surface area contributed by atoms with E-state index in [-0.39, 0.29) is 29.4 Å². The number of aromatic nitrogens is 1. The summed E-state index contributed by atoms with van der Waals surface area (Å²) in [6.07, 6.45) is 3.56. The van der Waals surface area contributed by atoms with Crippen molar-refractivity contribution in [3.05, 3.63) is 63.9 Å². The topological polar surface area (TPSA) is 58.5 Å². The van der Waals surface area contributed by atoms with Crippen LogP contribution in [0.5, 0.6) is 0 Å². The molecule has 2 heterocycles. The van der Waals surface area contributed by atoms with Crippen LogP contribution in [0, 0.1) is 0 Å². The fourth-order valence-corrected chi connectivity index (χ4v) is 4.08. The van der Waals surface area contributed by atoms with Gasteiger partial charge >= 0.3 is 0 Å². The van der Waals surface area contributed by atoms with E-state index in [2.05, 4.69) is 27.5 Å². The van der Waals surface area contributed by atoms with Gasteiger partial charge in [0.1, 0.15) is 0 Å². The molecule has 0 saturated carbocycles. The van der Waals surface area contributed by atoms with Crippen LogP contribution < -0.4 is 10.6 Å². The zero-order valence-electron chi connectivity index (χ0n) is 16.5. The maximum absolute atomic E-state index is 6.56. The number of halogens is 3. The number of hydrogen-bond donors (Lipinski definition) is 2. The maximum atomic E-state index is 6.56. The number of pyridine rings is 1. The normalized spacial score (nSPS) is 16.0. The Labute approximate surface area is 199 Å². The van der Waals surface area contributed by atoms with Crippen LogP contribution in [0.4, 0.5) is 0 Å². The lowest BCUT2D eigenvalue weighted by Crippen LogP contribution is -2.48.